The first kappa shape index (κ1) is 16.4. The van der Waals surface area contributed by atoms with Crippen molar-refractivity contribution < 1.29 is 14.3 Å². The molecule has 1 N–H and O–H groups in total. The largest absolute Gasteiger partial charge is 0.378 e. The number of ether oxygens (including phenoxy) is 2. The fraction of sp³-hybridized carbons (Fsp3) is 0.733. The van der Waals surface area contributed by atoms with E-state index in [-0.39, 0.29) is 17.4 Å². The maximum Gasteiger partial charge on any atom is 0.228 e. The lowest BCUT2D eigenvalue weighted by atomic mass is 9.93. The molecule has 1 aromatic rings. The predicted octanol–water partition coefficient (Wildman–Crippen LogP) is 2.96. The summed E-state index contributed by atoms with van der Waals surface area (Å²) in [6.45, 7) is 8.14. The summed E-state index contributed by atoms with van der Waals surface area (Å²) in [5.74, 6) is -0.0582. The van der Waals surface area contributed by atoms with Gasteiger partial charge in [-0.05, 0) is 12.8 Å². The van der Waals surface area contributed by atoms with Gasteiger partial charge in [0, 0.05) is 17.4 Å². The average Bonchev–Trinajstić information content (AvgIpc) is 3.04. The van der Waals surface area contributed by atoms with E-state index < -0.39 is 0 Å². The lowest BCUT2D eigenvalue weighted by Crippen LogP contribution is -2.18. The van der Waals surface area contributed by atoms with Crippen molar-refractivity contribution in [3.05, 3.63) is 11.1 Å². The molecule has 1 unspecified atom stereocenters. The number of aromatic nitrogens is 1. The maximum absolute atomic E-state index is 11.8. The molecule has 0 radical (unpaired) electrons. The highest BCUT2D eigenvalue weighted by atomic mass is 32.1. The lowest BCUT2D eigenvalue weighted by Gasteiger charge is -2.14. The van der Waals surface area contributed by atoms with Crippen LogP contribution in [0.3, 0.4) is 0 Å². The Labute approximate surface area is 130 Å². The van der Waals surface area contributed by atoms with Crippen LogP contribution < -0.4 is 5.32 Å². The van der Waals surface area contributed by atoms with Crippen molar-refractivity contribution in [2.45, 2.75) is 51.6 Å². The second kappa shape index (κ2) is 7.33. The van der Waals surface area contributed by atoms with E-state index in [2.05, 4.69) is 31.1 Å². The number of carbonyl (C=O) groups excluding carboxylic acids is 1. The molecule has 0 aliphatic carbocycles. The second-order valence-corrected chi connectivity index (χ2v) is 7.15. The zero-order chi connectivity index (χ0) is 15.3. The standard InChI is InChI=1S/C15H24N2O3S/c1-15(2,3)12-10-21-14(16-12)17-13(18)6-8-19-9-11-5-4-7-20-11/h10-11H,4-9H2,1-3H3,(H,16,17,18). The topological polar surface area (TPSA) is 60.5 Å². The van der Waals surface area contributed by atoms with Crippen LogP contribution in [0.1, 0.15) is 45.7 Å². The summed E-state index contributed by atoms with van der Waals surface area (Å²) in [5.41, 5.74) is 1.00. The summed E-state index contributed by atoms with van der Waals surface area (Å²) in [4.78, 5) is 16.3. The van der Waals surface area contributed by atoms with Gasteiger partial charge in [-0.2, -0.15) is 0 Å². The van der Waals surface area contributed by atoms with Crippen molar-refractivity contribution in [2.24, 2.45) is 0 Å². The van der Waals surface area contributed by atoms with E-state index in [0.29, 0.717) is 24.8 Å². The van der Waals surface area contributed by atoms with E-state index >= 15 is 0 Å². The van der Waals surface area contributed by atoms with Crippen LogP contribution in [0.2, 0.25) is 0 Å². The number of thiazole rings is 1. The van der Waals surface area contributed by atoms with Crippen LogP contribution in [-0.2, 0) is 19.7 Å². The summed E-state index contributed by atoms with van der Waals surface area (Å²) in [6.07, 6.45) is 2.72. The van der Waals surface area contributed by atoms with Crippen LogP contribution in [-0.4, -0.2) is 36.8 Å². The van der Waals surface area contributed by atoms with Crippen molar-refractivity contribution >= 4 is 22.4 Å². The summed E-state index contributed by atoms with van der Waals surface area (Å²) in [6, 6.07) is 0. The first-order valence-corrected chi connectivity index (χ1v) is 8.28. The summed E-state index contributed by atoms with van der Waals surface area (Å²) in [5, 5.41) is 5.47. The van der Waals surface area contributed by atoms with Crippen LogP contribution in [0.25, 0.3) is 0 Å². The molecule has 1 atom stereocenters. The Kier molecular flexibility index (Phi) is 5.72. The van der Waals surface area contributed by atoms with E-state index in [4.69, 9.17) is 9.47 Å². The van der Waals surface area contributed by atoms with Gasteiger partial charge in [0.15, 0.2) is 5.13 Å². The first-order chi connectivity index (χ1) is 9.95. The second-order valence-electron chi connectivity index (χ2n) is 6.30. The van der Waals surface area contributed by atoms with Gasteiger partial charge in [0.25, 0.3) is 0 Å². The van der Waals surface area contributed by atoms with E-state index in [1.54, 1.807) is 0 Å². The van der Waals surface area contributed by atoms with Gasteiger partial charge in [0.2, 0.25) is 5.91 Å². The zero-order valence-corrected chi connectivity index (χ0v) is 13.8. The van der Waals surface area contributed by atoms with Gasteiger partial charge in [-0.15, -0.1) is 11.3 Å². The molecule has 1 fully saturated rings. The maximum atomic E-state index is 11.8. The van der Waals surface area contributed by atoms with Crippen molar-refractivity contribution in [2.75, 3.05) is 25.1 Å². The third-order valence-corrected chi connectivity index (χ3v) is 4.08. The molecule has 1 amide bonds. The van der Waals surface area contributed by atoms with Crippen molar-refractivity contribution in [3.8, 4) is 0 Å². The summed E-state index contributed by atoms with van der Waals surface area (Å²) in [7, 11) is 0. The minimum atomic E-state index is -0.0582. The monoisotopic (exact) mass is 312 g/mol. The highest BCUT2D eigenvalue weighted by molar-refractivity contribution is 7.13. The number of amides is 1. The van der Waals surface area contributed by atoms with E-state index in [1.807, 2.05) is 5.38 Å². The molecular weight excluding hydrogens is 288 g/mol. The predicted molar refractivity (Wildman–Crippen MR) is 83.9 cm³/mol. The van der Waals surface area contributed by atoms with Crippen LogP contribution in [0.5, 0.6) is 0 Å². The number of anilines is 1. The fourth-order valence-electron chi connectivity index (χ4n) is 2.01. The third kappa shape index (κ3) is 5.37. The number of rotatable bonds is 6. The first-order valence-electron chi connectivity index (χ1n) is 7.40. The Morgan fingerprint density at radius 2 is 2.38 bits per heavy atom. The molecule has 6 heteroatoms. The molecule has 118 valence electrons. The summed E-state index contributed by atoms with van der Waals surface area (Å²) >= 11 is 1.46. The molecule has 5 nitrogen and oxygen atoms in total. The molecular formula is C15H24N2O3S. The highest BCUT2D eigenvalue weighted by Gasteiger charge is 2.18. The minimum absolute atomic E-state index is 0.00384. The molecule has 0 bridgehead atoms. The molecule has 21 heavy (non-hydrogen) atoms. The van der Waals surface area contributed by atoms with Gasteiger partial charge < -0.3 is 14.8 Å². The molecule has 0 spiro atoms. The van der Waals surface area contributed by atoms with E-state index in [1.165, 1.54) is 11.3 Å². The smallest absolute Gasteiger partial charge is 0.228 e. The Bertz CT molecular complexity index is 462. The number of hydrogen-bond donors (Lipinski definition) is 1. The lowest BCUT2D eigenvalue weighted by molar-refractivity contribution is -0.117. The molecule has 1 saturated heterocycles. The number of nitrogens with one attached hydrogen (secondary N) is 1. The van der Waals surface area contributed by atoms with Gasteiger partial charge in [-0.25, -0.2) is 4.98 Å². The summed E-state index contributed by atoms with van der Waals surface area (Å²) < 4.78 is 10.9. The van der Waals surface area contributed by atoms with Crippen molar-refractivity contribution in [1.82, 2.24) is 4.98 Å². The Morgan fingerprint density at radius 3 is 3.00 bits per heavy atom. The molecule has 0 saturated carbocycles. The van der Waals surface area contributed by atoms with Gasteiger partial charge in [-0.3, -0.25) is 4.79 Å². The normalized spacial score (nSPS) is 18.9. The van der Waals surface area contributed by atoms with Gasteiger partial charge in [-0.1, -0.05) is 20.8 Å². The van der Waals surface area contributed by atoms with Gasteiger partial charge in [0.05, 0.1) is 31.4 Å². The number of hydrogen-bond acceptors (Lipinski definition) is 5. The Hall–Kier alpha value is -0.980. The molecule has 0 aromatic carbocycles. The van der Waals surface area contributed by atoms with Crippen LogP contribution in [0, 0.1) is 0 Å². The number of nitrogens with zero attached hydrogens (tertiary/aromatic N) is 1. The minimum Gasteiger partial charge on any atom is -0.378 e. The Balaban J connectivity index is 1.66. The molecule has 2 rings (SSSR count). The quantitative estimate of drug-likeness (QED) is 0.820. The van der Waals surface area contributed by atoms with Gasteiger partial charge >= 0.3 is 0 Å². The molecule has 1 aliphatic heterocycles. The van der Waals surface area contributed by atoms with Crippen molar-refractivity contribution in [1.29, 1.82) is 0 Å². The van der Waals surface area contributed by atoms with E-state index in [0.717, 1.165) is 25.1 Å². The fourth-order valence-corrected chi connectivity index (χ4v) is 2.97. The number of carbonyl (C=O) groups is 1. The van der Waals surface area contributed by atoms with Gasteiger partial charge in [0.1, 0.15) is 0 Å². The van der Waals surface area contributed by atoms with Crippen LogP contribution in [0.4, 0.5) is 5.13 Å². The SMILES string of the molecule is CC(C)(C)c1csc(NC(=O)CCOCC2CCCO2)n1. The van der Waals surface area contributed by atoms with E-state index in [9.17, 15) is 4.79 Å². The van der Waals surface area contributed by atoms with Crippen LogP contribution in [0.15, 0.2) is 5.38 Å². The van der Waals surface area contributed by atoms with Crippen molar-refractivity contribution in [3.63, 3.8) is 0 Å². The zero-order valence-electron chi connectivity index (χ0n) is 13.0. The van der Waals surface area contributed by atoms with Crippen LogP contribution >= 0.6 is 11.3 Å². The Morgan fingerprint density at radius 1 is 1.57 bits per heavy atom. The molecule has 1 aliphatic rings. The molecule has 2 heterocycles. The average molecular weight is 312 g/mol. The third-order valence-electron chi connectivity index (χ3n) is 3.32. The highest BCUT2D eigenvalue weighted by Crippen LogP contribution is 2.26. The molecule has 1 aromatic heterocycles.